The molecule has 30 heavy (non-hydrogen) atoms. The molecule has 0 fully saturated rings. The lowest BCUT2D eigenvalue weighted by Crippen LogP contribution is -2.21. The summed E-state index contributed by atoms with van der Waals surface area (Å²) in [5, 5.41) is 9.44. The molecule has 0 amide bonds. The van der Waals surface area contributed by atoms with E-state index >= 15 is 0 Å². The van der Waals surface area contributed by atoms with Gasteiger partial charge in [-0.15, -0.1) is 10.2 Å². The number of anilines is 1. The van der Waals surface area contributed by atoms with Crippen LogP contribution in [0.5, 0.6) is 0 Å². The molecule has 0 aliphatic carbocycles. The van der Waals surface area contributed by atoms with Gasteiger partial charge in [0.1, 0.15) is 6.26 Å². The van der Waals surface area contributed by atoms with Crippen molar-refractivity contribution in [2.75, 3.05) is 18.0 Å². The molecule has 0 saturated heterocycles. The molecule has 154 valence electrons. The summed E-state index contributed by atoms with van der Waals surface area (Å²) in [6.45, 7) is 6.23. The summed E-state index contributed by atoms with van der Waals surface area (Å²) < 4.78 is 11.4. The molecule has 0 aliphatic rings. The molecule has 0 unspecified atom stereocenters. The number of benzene rings is 2. The third-order valence-corrected chi connectivity index (χ3v) is 5.70. The van der Waals surface area contributed by atoms with Crippen LogP contribution in [0.4, 0.5) is 5.69 Å². The molecule has 0 spiro atoms. The highest BCUT2D eigenvalue weighted by atomic mass is 35.5. The van der Waals surface area contributed by atoms with Crippen LogP contribution in [-0.2, 0) is 5.75 Å². The van der Waals surface area contributed by atoms with Crippen molar-refractivity contribution in [2.45, 2.75) is 24.8 Å². The Kier molecular flexibility index (Phi) is 6.40. The highest BCUT2D eigenvalue weighted by Gasteiger charge is 2.12. The van der Waals surface area contributed by atoms with Gasteiger partial charge in [0.05, 0.1) is 5.69 Å². The van der Waals surface area contributed by atoms with E-state index in [4.69, 9.17) is 20.4 Å². The van der Waals surface area contributed by atoms with Crippen molar-refractivity contribution >= 4 is 29.1 Å². The summed E-state index contributed by atoms with van der Waals surface area (Å²) in [5.41, 5.74) is 3.71. The first-order chi connectivity index (χ1) is 14.7. The van der Waals surface area contributed by atoms with Crippen LogP contribution in [0.1, 0.15) is 19.5 Å². The van der Waals surface area contributed by atoms with Crippen molar-refractivity contribution in [3.05, 3.63) is 65.5 Å². The zero-order chi connectivity index (χ0) is 20.9. The fraction of sp³-hybridized carbons (Fsp3) is 0.227. The lowest BCUT2D eigenvalue weighted by molar-refractivity contribution is 0.466. The van der Waals surface area contributed by atoms with Crippen LogP contribution in [0.25, 0.3) is 22.9 Å². The SMILES string of the molecule is CCN(CC)c1ccc(-c2nnc(SCc3coc(-c4cccc(Cl)c4)n3)o2)cc1. The number of thioether (sulfide) groups is 1. The average Bonchev–Trinajstić information content (AvgIpc) is 3.43. The molecule has 2 aromatic heterocycles. The molecule has 4 rings (SSSR count). The maximum Gasteiger partial charge on any atom is 0.277 e. The second-order valence-electron chi connectivity index (χ2n) is 6.54. The molecule has 2 heterocycles. The summed E-state index contributed by atoms with van der Waals surface area (Å²) >= 11 is 7.45. The summed E-state index contributed by atoms with van der Waals surface area (Å²) in [6, 6.07) is 15.6. The molecule has 0 atom stereocenters. The standard InChI is InChI=1S/C22H21ClN4O2S/c1-3-27(4-2)19-10-8-15(9-11-19)21-25-26-22(29-21)30-14-18-13-28-20(24-18)16-6-5-7-17(23)12-16/h5-13H,3-4,14H2,1-2H3. The van der Waals surface area contributed by atoms with Gasteiger partial charge in [-0.3, -0.25) is 0 Å². The number of nitrogens with zero attached hydrogens (tertiary/aromatic N) is 4. The van der Waals surface area contributed by atoms with E-state index in [0.717, 1.165) is 29.9 Å². The Labute approximate surface area is 184 Å². The molecular formula is C22H21ClN4O2S. The van der Waals surface area contributed by atoms with Gasteiger partial charge in [0.25, 0.3) is 5.22 Å². The van der Waals surface area contributed by atoms with Gasteiger partial charge in [0.15, 0.2) is 0 Å². The molecule has 0 radical (unpaired) electrons. The maximum atomic E-state index is 6.03. The average molecular weight is 441 g/mol. The van der Waals surface area contributed by atoms with Crippen LogP contribution in [-0.4, -0.2) is 28.3 Å². The molecule has 8 heteroatoms. The largest absolute Gasteiger partial charge is 0.444 e. The molecule has 0 N–H and O–H groups in total. The summed E-state index contributed by atoms with van der Waals surface area (Å²) in [7, 11) is 0. The van der Waals surface area contributed by atoms with E-state index in [2.05, 4.69) is 46.1 Å². The summed E-state index contributed by atoms with van der Waals surface area (Å²) in [4.78, 5) is 6.79. The zero-order valence-corrected chi connectivity index (χ0v) is 18.3. The Balaban J connectivity index is 1.39. The summed E-state index contributed by atoms with van der Waals surface area (Å²) in [5.74, 6) is 1.60. The van der Waals surface area contributed by atoms with Gasteiger partial charge in [-0.2, -0.15) is 0 Å². The predicted octanol–water partition coefficient (Wildman–Crippen LogP) is 6.18. The predicted molar refractivity (Wildman–Crippen MR) is 120 cm³/mol. The smallest absolute Gasteiger partial charge is 0.277 e. The Morgan fingerprint density at radius 2 is 1.77 bits per heavy atom. The molecule has 0 saturated carbocycles. The van der Waals surface area contributed by atoms with Gasteiger partial charge < -0.3 is 13.7 Å². The normalized spacial score (nSPS) is 11.0. The fourth-order valence-corrected chi connectivity index (χ4v) is 3.88. The van der Waals surface area contributed by atoms with Crippen molar-refractivity contribution in [1.82, 2.24) is 15.2 Å². The van der Waals surface area contributed by atoms with E-state index in [1.54, 1.807) is 6.26 Å². The van der Waals surface area contributed by atoms with Crippen LogP contribution in [0.15, 0.2) is 68.9 Å². The highest BCUT2D eigenvalue weighted by molar-refractivity contribution is 7.98. The van der Waals surface area contributed by atoms with Crippen LogP contribution in [0.2, 0.25) is 5.02 Å². The van der Waals surface area contributed by atoms with E-state index in [1.165, 1.54) is 17.4 Å². The van der Waals surface area contributed by atoms with E-state index < -0.39 is 0 Å². The number of hydrogen-bond donors (Lipinski definition) is 0. The van der Waals surface area contributed by atoms with Crippen molar-refractivity contribution < 1.29 is 8.83 Å². The molecular weight excluding hydrogens is 420 g/mol. The first-order valence-electron chi connectivity index (χ1n) is 9.68. The van der Waals surface area contributed by atoms with Crippen LogP contribution < -0.4 is 4.90 Å². The van der Waals surface area contributed by atoms with Crippen molar-refractivity contribution in [3.63, 3.8) is 0 Å². The maximum absolute atomic E-state index is 6.03. The highest BCUT2D eigenvalue weighted by Crippen LogP contribution is 2.28. The zero-order valence-electron chi connectivity index (χ0n) is 16.7. The second kappa shape index (κ2) is 9.36. The number of aromatic nitrogens is 3. The molecule has 2 aromatic carbocycles. The molecule has 0 bridgehead atoms. The quantitative estimate of drug-likeness (QED) is 0.303. The first kappa shape index (κ1) is 20.5. The van der Waals surface area contributed by atoms with Crippen LogP contribution in [0.3, 0.4) is 0 Å². The van der Waals surface area contributed by atoms with Crippen molar-refractivity contribution in [3.8, 4) is 22.9 Å². The van der Waals surface area contributed by atoms with E-state index in [1.807, 2.05) is 36.4 Å². The first-order valence-corrected chi connectivity index (χ1v) is 11.0. The van der Waals surface area contributed by atoms with Gasteiger partial charge >= 0.3 is 0 Å². The Morgan fingerprint density at radius 1 is 0.967 bits per heavy atom. The number of oxazole rings is 1. The van der Waals surface area contributed by atoms with Gasteiger partial charge in [0, 0.05) is 40.7 Å². The number of halogens is 1. The third kappa shape index (κ3) is 4.68. The van der Waals surface area contributed by atoms with E-state index in [-0.39, 0.29) is 0 Å². The van der Waals surface area contributed by atoms with Gasteiger partial charge in [-0.1, -0.05) is 29.4 Å². The minimum atomic E-state index is 0.491. The van der Waals surface area contributed by atoms with Crippen LogP contribution >= 0.6 is 23.4 Å². The van der Waals surface area contributed by atoms with Crippen molar-refractivity contribution in [1.29, 1.82) is 0 Å². The Morgan fingerprint density at radius 3 is 2.50 bits per heavy atom. The third-order valence-electron chi connectivity index (χ3n) is 4.62. The molecule has 4 aromatic rings. The van der Waals surface area contributed by atoms with Crippen LogP contribution in [0, 0.1) is 0 Å². The number of rotatable bonds is 8. The Hall–Kier alpha value is -2.77. The minimum absolute atomic E-state index is 0.491. The minimum Gasteiger partial charge on any atom is -0.444 e. The second-order valence-corrected chi connectivity index (χ2v) is 7.90. The summed E-state index contributed by atoms with van der Waals surface area (Å²) in [6.07, 6.45) is 1.63. The monoisotopic (exact) mass is 440 g/mol. The van der Waals surface area contributed by atoms with Gasteiger partial charge in [-0.25, -0.2) is 4.98 Å². The van der Waals surface area contributed by atoms with Crippen molar-refractivity contribution in [2.24, 2.45) is 0 Å². The molecule has 0 aliphatic heterocycles. The van der Waals surface area contributed by atoms with E-state index in [0.29, 0.717) is 27.8 Å². The Bertz CT molecular complexity index is 1110. The van der Waals surface area contributed by atoms with E-state index in [9.17, 15) is 0 Å². The lowest BCUT2D eigenvalue weighted by Gasteiger charge is -2.20. The van der Waals surface area contributed by atoms with Gasteiger partial charge in [0.2, 0.25) is 11.8 Å². The number of hydrogen-bond acceptors (Lipinski definition) is 7. The fourth-order valence-electron chi connectivity index (χ4n) is 3.05. The van der Waals surface area contributed by atoms with Gasteiger partial charge in [-0.05, 0) is 56.3 Å². The topological polar surface area (TPSA) is 68.2 Å². The lowest BCUT2D eigenvalue weighted by atomic mass is 10.2. The molecule has 6 nitrogen and oxygen atoms in total.